The van der Waals surface area contributed by atoms with Crippen LogP contribution in [0.5, 0.6) is 0 Å². The predicted molar refractivity (Wildman–Crippen MR) is 67.1 cm³/mol. The van der Waals surface area contributed by atoms with Crippen LogP contribution in [-0.4, -0.2) is 41.5 Å². The first-order valence-corrected chi connectivity index (χ1v) is 6.60. The molecule has 1 saturated carbocycles. The van der Waals surface area contributed by atoms with Gasteiger partial charge in [0.1, 0.15) is 5.92 Å². The molecule has 3 unspecified atom stereocenters. The van der Waals surface area contributed by atoms with Gasteiger partial charge in [-0.3, -0.25) is 19.8 Å². The maximum Gasteiger partial charge on any atom is 0.331 e. The smallest absolute Gasteiger partial charge is 0.331 e. The zero-order valence-corrected chi connectivity index (χ0v) is 11.7. The molecule has 1 N–H and O–H groups in total. The van der Waals surface area contributed by atoms with Gasteiger partial charge in [-0.25, -0.2) is 4.79 Å². The van der Waals surface area contributed by atoms with Crippen molar-refractivity contribution in [3.63, 3.8) is 0 Å². The van der Waals surface area contributed by atoms with Gasteiger partial charge in [-0.2, -0.15) is 0 Å². The summed E-state index contributed by atoms with van der Waals surface area (Å²) in [4.78, 5) is 36.6. The molecule has 19 heavy (non-hydrogen) atoms. The molecule has 2 fully saturated rings. The van der Waals surface area contributed by atoms with E-state index < -0.39 is 23.8 Å². The highest BCUT2D eigenvalue weighted by molar-refractivity contribution is 6.16. The lowest BCUT2D eigenvalue weighted by Gasteiger charge is -2.55. The first-order valence-electron chi connectivity index (χ1n) is 6.60. The van der Waals surface area contributed by atoms with Crippen molar-refractivity contribution in [3.05, 3.63) is 0 Å². The highest BCUT2D eigenvalue weighted by Crippen LogP contribution is 2.46. The molecule has 2 rings (SSSR count). The second-order valence-electron chi connectivity index (χ2n) is 5.74. The van der Waals surface area contributed by atoms with Gasteiger partial charge in [-0.05, 0) is 20.3 Å². The van der Waals surface area contributed by atoms with E-state index in [2.05, 4.69) is 5.32 Å². The molecular weight excluding hydrogens is 248 g/mol. The highest BCUT2D eigenvalue weighted by Gasteiger charge is 2.56. The molecule has 1 aliphatic heterocycles. The summed E-state index contributed by atoms with van der Waals surface area (Å²) >= 11 is 0. The number of barbiturate groups is 1. The molecule has 106 valence electrons. The van der Waals surface area contributed by atoms with Crippen LogP contribution in [0.2, 0.25) is 0 Å². The number of nitrogens with one attached hydrogen (secondary N) is 1. The number of rotatable bonds is 3. The summed E-state index contributed by atoms with van der Waals surface area (Å²) < 4.78 is 5.60. The number of imide groups is 2. The Balaban J connectivity index is 2.17. The fraction of sp³-hybridized carbons (Fsp3) is 0.769. The molecule has 6 heteroatoms. The number of urea groups is 1. The molecule has 1 saturated heterocycles. The third-order valence-electron chi connectivity index (χ3n) is 4.26. The zero-order chi connectivity index (χ0) is 14.4. The van der Waals surface area contributed by atoms with Crippen molar-refractivity contribution in [1.82, 2.24) is 10.2 Å². The van der Waals surface area contributed by atoms with Crippen LogP contribution < -0.4 is 5.32 Å². The molecule has 1 aliphatic carbocycles. The van der Waals surface area contributed by atoms with Gasteiger partial charge in [0, 0.05) is 12.0 Å². The van der Waals surface area contributed by atoms with E-state index in [0.717, 1.165) is 0 Å². The molecular formula is C13H20N2O4. The SMILES string of the molecule is CCOC1CC(N2C(=O)NC(=O)C(C)C2=O)C1(C)C. The minimum Gasteiger partial charge on any atom is -0.378 e. The quantitative estimate of drug-likeness (QED) is 0.772. The Labute approximate surface area is 112 Å². The second-order valence-corrected chi connectivity index (χ2v) is 5.74. The minimum atomic E-state index is -0.806. The van der Waals surface area contributed by atoms with Gasteiger partial charge in [0.2, 0.25) is 11.8 Å². The van der Waals surface area contributed by atoms with Crippen molar-refractivity contribution in [1.29, 1.82) is 0 Å². The maximum atomic E-state index is 12.1. The highest BCUT2D eigenvalue weighted by atomic mass is 16.5. The number of ether oxygens (including phenoxy) is 1. The topological polar surface area (TPSA) is 75.7 Å². The minimum absolute atomic E-state index is 0.0380. The second kappa shape index (κ2) is 4.59. The Morgan fingerprint density at radius 2 is 2.00 bits per heavy atom. The molecule has 0 radical (unpaired) electrons. The van der Waals surface area contributed by atoms with E-state index in [1.54, 1.807) is 0 Å². The summed E-state index contributed by atoms with van der Waals surface area (Å²) in [7, 11) is 0. The Kier molecular flexibility index (Phi) is 3.38. The number of carbonyl (C=O) groups is 3. The van der Waals surface area contributed by atoms with Gasteiger partial charge in [0.25, 0.3) is 0 Å². The largest absolute Gasteiger partial charge is 0.378 e. The van der Waals surface area contributed by atoms with Crippen LogP contribution >= 0.6 is 0 Å². The summed E-state index contributed by atoms with van der Waals surface area (Å²) in [6, 6.07) is -0.826. The third-order valence-corrected chi connectivity index (χ3v) is 4.26. The van der Waals surface area contributed by atoms with E-state index in [0.29, 0.717) is 13.0 Å². The van der Waals surface area contributed by atoms with Gasteiger partial charge in [0.05, 0.1) is 12.1 Å². The first kappa shape index (κ1) is 14.0. The van der Waals surface area contributed by atoms with Crippen molar-refractivity contribution in [3.8, 4) is 0 Å². The van der Waals surface area contributed by atoms with E-state index >= 15 is 0 Å². The van der Waals surface area contributed by atoms with E-state index in [-0.39, 0.29) is 17.6 Å². The molecule has 4 amide bonds. The van der Waals surface area contributed by atoms with Gasteiger partial charge < -0.3 is 4.74 Å². The molecule has 0 aromatic heterocycles. The van der Waals surface area contributed by atoms with Gasteiger partial charge in [-0.15, -0.1) is 0 Å². The Morgan fingerprint density at radius 1 is 1.37 bits per heavy atom. The van der Waals surface area contributed by atoms with Crippen molar-refractivity contribution < 1.29 is 19.1 Å². The van der Waals surface area contributed by atoms with Crippen LogP contribution in [0.3, 0.4) is 0 Å². The Hall–Kier alpha value is -1.43. The number of amides is 4. The van der Waals surface area contributed by atoms with E-state index in [4.69, 9.17) is 4.74 Å². The normalized spacial score (nSPS) is 34.0. The van der Waals surface area contributed by atoms with Crippen LogP contribution in [0.1, 0.15) is 34.1 Å². The van der Waals surface area contributed by atoms with Crippen LogP contribution in [0.15, 0.2) is 0 Å². The maximum absolute atomic E-state index is 12.1. The first-order chi connectivity index (χ1) is 8.80. The molecule has 6 nitrogen and oxygen atoms in total. The third kappa shape index (κ3) is 2.04. The van der Waals surface area contributed by atoms with E-state index in [9.17, 15) is 14.4 Å². The fourth-order valence-corrected chi connectivity index (χ4v) is 2.78. The number of carbonyl (C=O) groups excluding carboxylic acids is 3. The van der Waals surface area contributed by atoms with Crippen molar-refractivity contribution in [2.75, 3.05) is 6.61 Å². The van der Waals surface area contributed by atoms with E-state index in [1.807, 2.05) is 20.8 Å². The summed E-state index contributed by atoms with van der Waals surface area (Å²) in [5.41, 5.74) is -0.289. The molecule has 2 aliphatic rings. The van der Waals surface area contributed by atoms with Crippen LogP contribution in [0, 0.1) is 11.3 Å². The molecule has 3 atom stereocenters. The average molecular weight is 268 g/mol. The van der Waals surface area contributed by atoms with Crippen molar-refractivity contribution >= 4 is 17.8 Å². The Bertz CT molecular complexity index is 432. The van der Waals surface area contributed by atoms with Gasteiger partial charge >= 0.3 is 6.03 Å². The lowest BCUT2D eigenvalue weighted by molar-refractivity contribution is -0.165. The number of hydrogen-bond donors (Lipinski definition) is 1. The lowest BCUT2D eigenvalue weighted by Crippen LogP contribution is -2.69. The van der Waals surface area contributed by atoms with E-state index in [1.165, 1.54) is 11.8 Å². The van der Waals surface area contributed by atoms with Crippen LogP contribution in [0.4, 0.5) is 4.79 Å². The zero-order valence-electron chi connectivity index (χ0n) is 11.7. The molecule has 0 aromatic rings. The average Bonchev–Trinajstić information content (AvgIpc) is 2.34. The summed E-state index contributed by atoms with van der Waals surface area (Å²) in [6.45, 7) is 7.99. The summed E-state index contributed by atoms with van der Waals surface area (Å²) in [5.74, 6) is -1.74. The van der Waals surface area contributed by atoms with Crippen molar-refractivity contribution in [2.24, 2.45) is 11.3 Å². The van der Waals surface area contributed by atoms with Crippen LogP contribution in [-0.2, 0) is 14.3 Å². The van der Waals surface area contributed by atoms with Crippen LogP contribution in [0.25, 0.3) is 0 Å². The lowest BCUT2D eigenvalue weighted by atomic mass is 9.63. The monoisotopic (exact) mass is 268 g/mol. The number of hydrogen-bond acceptors (Lipinski definition) is 4. The summed E-state index contributed by atoms with van der Waals surface area (Å²) in [5, 5.41) is 2.23. The molecule has 0 spiro atoms. The predicted octanol–water partition coefficient (Wildman–Crippen LogP) is 0.904. The van der Waals surface area contributed by atoms with Crippen molar-refractivity contribution in [2.45, 2.75) is 46.3 Å². The van der Waals surface area contributed by atoms with Gasteiger partial charge in [-0.1, -0.05) is 13.8 Å². The Morgan fingerprint density at radius 3 is 2.53 bits per heavy atom. The molecule has 0 bridgehead atoms. The van der Waals surface area contributed by atoms with Gasteiger partial charge in [0.15, 0.2) is 0 Å². The fourth-order valence-electron chi connectivity index (χ4n) is 2.78. The summed E-state index contributed by atoms with van der Waals surface area (Å²) in [6.07, 6.45) is 0.664. The standard InChI is InChI=1S/C13H20N2O4/c1-5-19-9-6-8(13(9,3)4)15-11(17)7(2)10(16)14-12(15)18/h7-9H,5-6H2,1-4H3,(H,14,16,18). The number of nitrogens with zero attached hydrogens (tertiary/aromatic N) is 1. The molecule has 1 heterocycles. The molecule has 0 aromatic carbocycles.